The zero-order valence-electron chi connectivity index (χ0n) is 22.0. The molecular formula is C26H39FN6O5. The van der Waals surface area contributed by atoms with Gasteiger partial charge in [0.15, 0.2) is 11.7 Å². The second-order valence-corrected chi connectivity index (χ2v) is 9.37. The van der Waals surface area contributed by atoms with Crippen molar-refractivity contribution in [3.8, 4) is 0 Å². The molecule has 11 nitrogen and oxygen atoms in total. The molecule has 0 bridgehead atoms. The van der Waals surface area contributed by atoms with E-state index in [0.717, 1.165) is 5.56 Å². The van der Waals surface area contributed by atoms with Crippen molar-refractivity contribution in [2.24, 2.45) is 22.4 Å². The summed E-state index contributed by atoms with van der Waals surface area (Å²) in [6.07, 6.45) is 1.32. The molecule has 38 heavy (non-hydrogen) atoms. The van der Waals surface area contributed by atoms with Crippen LogP contribution in [0.4, 0.5) is 9.18 Å². The first-order chi connectivity index (χ1) is 18.2. The monoisotopic (exact) mass is 534 g/mol. The van der Waals surface area contributed by atoms with Gasteiger partial charge in [-0.15, -0.1) is 0 Å². The summed E-state index contributed by atoms with van der Waals surface area (Å²) in [6, 6.07) is 6.34. The number of guanidine groups is 1. The quantitative estimate of drug-likeness (QED) is 0.159. The summed E-state index contributed by atoms with van der Waals surface area (Å²) in [7, 11) is 0. The highest BCUT2D eigenvalue weighted by Crippen LogP contribution is 2.22. The lowest BCUT2D eigenvalue weighted by Gasteiger charge is -2.31. The fourth-order valence-electron chi connectivity index (χ4n) is 4.23. The normalized spacial score (nSPS) is 17.1. The van der Waals surface area contributed by atoms with E-state index in [2.05, 4.69) is 15.6 Å². The van der Waals surface area contributed by atoms with Crippen molar-refractivity contribution in [3.63, 3.8) is 0 Å². The molecule has 1 heterocycles. The zero-order chi connectivity index (χ0) is 28.1. The lowest BCUT2D eigenvalue weighted by atomic mass is 9.97. The summed E-state index contributed by atoms with van der Waals surface area (Å²) in [6.45, 7) is 3.09. The predicted molar refractivity (Wildman–Crippen MR) is 141 cm³/mol. The number of amides is 3. The smallest absolute Gasteiger partial charge is 0.408 e. The van der Waals surface area contributed by atoms with Crippen LogP contribution in [0.3, 0.4) is 0 Å². The van der Waals surface area contributed by atoms with Crippen LogP contribution in [0.15, 0.2) is 35.3 Å². The number of rotatable bonds is 14. The van der Waals surface area contributed by atoms with Crippen LogP contribution in [-0.4, -0.2) is 72.4 Å². The lowest BCUT2D eigenvalue weighted by molar-refractivity contribution is -0.141. The number of nitrogens with zero attached hydrogens (tertiary/aromatic N) is 2. The summed E-state index contributed by atoms with van der Waals surface area (Å²) in [5.74, 6) is -2.04. The van der Waals surface area contributed by atoms with Gasteiger partial charge < -0.3 is 31.7 Å². The highest BCUT2D eigenvalue weighted by Gasteiger charge is 2.40. The van der Waals surface area contributed by atoms with Crippen molar-refractivity contribution in [2.75, 3.05) is 19.8 Å². The van der Waals surface area contributed by atoms with Crippen LogP contribution in [-0.2, 0) is 25.7 Å². The largest absolute Gasteiger partial charge is 0.445 e. The molecular weight excluding hydrogens is 495 g/mol. The minimum Gasteiger partial charge on any atom is -0.445 e. The van der Waals surface area contributed by atoms with E-state index in [-0.39, 0.29) is 31.4 Å². The second kappa shape index (κ2) is 15.5. The average molecular weight is 535 g/mol. The molecule has 1 aromatic carbocycles. The van der Waals surface area contributed by atoms with Crippen molar-refractivity contribution in [1.82, 2.24) is 15.5 Å². The molecule has 0 spiro atoms. The molecule has 12 heteroatoms. The minimum atomic E-state index is -1.23. The highest BCUT2D eigenvalue weighted by atomic mass is 19.1. The third kappa shape index (κ3) is 9.31. The van der Waals surface area contributed by atoms with Gasteiger partial charge >= 0.3 is 6.09 Å². The van der Waals surface area contributed by atoms with Gasteiger partial charge in [-0.25, -0.2) is 9.18 Å². The summed E-state index contributed by atoms with van der Waals surface area (Å²) < 4.78 is 18.4. The van der Waals surface area contributed by atoms with E-state index in [1.807, 2.05) is 44.2 Å². The highest BCUT2D eigenvalue weighted by molar-refractivity contribution is 5.95. The first-order valence-electron chi connectivity index (χ1n) is 12.9. The number of nitrogens with one attached hydrogen (secondary N) is 2. The van der Waals surface area contributed by atoms with Gasteiger partial charge in [0.2, 0.25) is 11.8 Å². The molecule has 210 valence electrons. The van der Waals surface area contributed by atoms with E-state index in [1.54, 1.807) is 0 Å². The average Bonchev–Trinajstić information content (AvgIpc) is 3.41. The number of hydrogen-bond acceptors (Lipinski definition) is 6. The topological polar surface area (TPSA) is 169 Å². The number of ether oxygens (including phenoxy) is 1. The van der Waals surface area contributed by atoms with Gasteiger partial charge in [0.1, 0.15) is 25.4 Å². The Labute approximate surface area is 222 Å². The maximum absolute atomic E-state index is 13.5. The van der Waals surface area contributed by atoms with E-state index in [1.165, 1.54) is 4.90 Å². The van der Waals surface area contributed by atoms with Gasteiger partial charge in [-0.05, 0) is 37.2 Å². The molecule has 3 amide bonds. The standard InChI is InChI=1S/C26H39FN6O5/c1-3-17(2)22(32-26(37)38-16-18-9-5-4-6-10-18)24(36)33-14-8-12-20(33)23(35)31-19(21(34)15-27)11-7-13-30-25(28)29/h4-6,9-10,17,19-20,22H,3,7-8,11-16H2,1-2H3,(H,31,35)(H,32,37)(H4,28,29,30)/t17-,19+,20+,22+/m1/s1. The molecule has 0 radical (unpaired) electrons. The number of ketones is 1. The third-order valence-corrected chi connectivity index (χ3v) is 6.59. The summed E-state index contributed by atoms with van der Waals surface area (Å²) in [5.41, 5.74) is 11.4. The van der Waals surface area contributed by atoms with E-state index in [4.69, 9.17) is 16.2 Å². The van der Waals surface area contributed by atoms with Crippen molar-refractivity contribution in [1.29, 1.82) is 0 Å². The third-order valence-electron chi connectivity index (χ3n) is 6.59. The summed E-state index contributed by atoms with van der Waals surface area (Å²) >= 11 is 0. The van der Waals surface area contributed by atoms with Crippen LogP contribution in [0.1, 0.15) is 51.5 Å². The molecule has 2 rings (SSSR count). The molecule has 1 fully saturated rings. The van der Waals surface area contributed by atoms with Gasteiger partial charge in [-0.1, -0.05) is 50.6 Å². The van der Waals surface area contributed by atoms with Crippen LogP contribution in [0.5, 0.6) is 0 Å². The van der Waals surface area contributed by atoms with E-state index < -0.39 is 48.5 Å². The van der Waals surface area contributed by atoms with Gasteiger partial charge in [-0.2, -0.15) is 0 Å². The number of alkyl carbamates (subject to hydrolysis) is 1. The number of aliphatic imine (C=N–C) groups is 1. The molecule has 1 aliphatic rings. The van der Waals surface area contributed by atoms with Crippen LogP contribution >= 0.6 is 0 Å². The first kappa shape index (κ1) is 30.5. The Morgan fingerprint density at radius 1 is 1.18 bits per heavy atom. The number of Topliss-reactive ketones (excluding diaryl/α,β-unsaturated/α-hetero) is 1. The predicted octanol–water partition coefficient (Wildman–Crippen LogP) is 1.40. The van der Waals surface area contributed by atoms with E-state index in [0.29, 0.717) is 32.2 Å². The zero-order valence-corrected chi connectivity index (χ0v) is 22.0. The van der Waals surface area contributed by atoms with Crippen LogP contribution in [0, 0.1) is 5.92 Å². The Morgan fingerprint density at radius 2 is 1.89 bits per heavy atom. The van der Waals surface area contributed by atoms with Gasteiger partial charge in [0.25, 0.3) is 0 Å². The number of hydrogen-bond donors (Lipinski definition) is 4. The van der Waals surface area contributed by atoms with Crippen molar-refractivity contribution < 1.29 is 28.3 Å². The van der Waals surface area contributed by atoms with E-state index in [9.17, 15) is 23.6 Å². The van der Waals surface area contributed by atoms with Crippen molar-refractivity contribution in [2.45, 2.75) is 70.7 Å². The van der Waals surface area contributed by atoms with Crippen LogP contribution in [0.25, 0.3) is 0 Å². The fraction of sp³-hybridized carbons (Fsp3) is 0.577. The number of alkyl halides is 1. The number of halogens is 1. The van der Waals surface area contributed by atoms with Gasteiger partial charge in [0.05, 0.1) is 6.04 Å². The van der Waals surface area contributed by atoms with E-state index >= 15 is 0 Å². The fourth-order valence-corrected chi connectivity index (χ4v) is 4.23. The van der Waals surface area contributed by atoms with Crippen molar-refractivity contribution in [3.05, 3.63) is 35.9 Å². The maximum atomic E-state index is 13.5. The van der Waals surface area contributed by atoms with Crippen LogP contribution < -0.4 is 22.1 Å². The molecule has 0 saturated carbocycles. The summed E-state index contributed by atoms with van der Waals surface area (Å²) in [4.78, 5) is 56.5. The Hall–Kier alpha value is -3.70. The molecule has 0 aliphatic carbocycles. The Balaban J connectivity index is 2.05. The molecule has 1 aromatic rings. The molecule has 4 atom stereocenters. The Bertz CT molecular complexity index is 972. The van der Waals surface area contributed by atoms with Crippen LogP contribution in [0.2, 0.25) is 0 Å². The molecule has 6 N–H and O–H groups in total. The number of likely N-dealkylation sites (tertiary alicyclic amines) is 1. The Kier molecular flexibility index (Phi) is 12.5. The maximum Gasteiger partial charge on any atom is 0.408 e. The number of benzene rings is 1. The second-order valence-electron chi connectivity index (χ2n) is 9.37. The molecule has 0 aromatic heterocycles. The SMILES string of the molecule is CC[C@@H](C)[C@H](NC(=O)OCc1ccccc1)C(=O)N1CCC[C@H]1C(=O)N[C@@H](CCCN=C(N)N)C(=O)CF. The van der Waals surface area contributed by atoms with Gasteiger partial charge in [0, 0.05) is 13.1 Å². The number of nitrogens with two attached hydrogens (primary N) is 2. The number of carbonyl (C=O) groups excluding carboxylic acids is 4. The molecule has 1 aliphatic heterocycles. The van der Waals surface area contributed by atoms with Gasteiger partial charge in [-0.3, -0.25) is 19.4 Å². The minimum absolute atomic E-state index is 0.0516. The Morgan fingerprint density at radius 3 is 2.53 bits per heavy atom. The number of carbonyl (C=O) groups is 4. The molecule has 1 saturated heterocycles. The van der Waals surface area contributed by atoms with Crippen molar-refractivity contribution >= 4 is 29.7 Å². The molecule has 0 unspecified atom stereocenters. The lowest BCUT2D eigenvalue weighted by Crippen LogP contribution is -2.57. The first-order valence-corrected chi connectivity index (χ1v) is 12.9. The summed E-state index contributed by atoms with van der Waals surface area (Å²) in [5, 5.41) is 5.26.